The summed E-state index contributed by atoms with van der Waals surface area (Å²) in [7, 11) is 2.47. The zero-order valence-corrected chi connectivity index (χ0v) is 11.3. The summed E-state index contributed by atoms with van der Waals surface area (Å²) in [6.45, 7) is 1.93. The Balaban J connectivity index is 4.23. The Morgan fingerprint density at radius 2 is 1.56 bits per heavy atom. The van der Waals surface area contributed by atoms with Crippen molar-refractivity contribution in [1.29, 1.82) is 0 Å². The Hall–Kier alpha value is -1.14. The first-order chi connectivity index (χ1) is 8.42. The predicted octanol–water partition coefficient (Wildman–Crippen LogP) is 0.184. The molecule has 0 aliphatic heterocycles. The highest BCUT2D eigenvalue weighted by atomic mass is 16.5. The number of esters is 2. The molecule has 0 rings (SSSR count). The molecule has 18 heavy (non-hydrogen) atoms. The van der Waals surface area contributed by atoms with E-state index < -0.39 is 17.9 Å². The number of carbonyl (C=O) groups is 2. The summed E-state index contributed by atoms with van der Waals surface area (Å²) >= 11 is 0. The smallest absolute Gasteiger partial charge is 0.320 e. The van der Waals surface area contributed by atoms with Gasteiger partial charge in [-0.1, -0.05) is 6.42 Å². The SMILES string of the molecule is COC(=O)C(CC(N)CCCC(C)N)C(=O)OC. The van der Waals surface area contributed by atoms with E-state index in [1.165, 1.54) is 14.2 Å². The van der Waals surface area contributed by atoms with Gasteiger partial charge in [-0.3, -0.25) is 9.59 Å². The predicted molar refractivity (Wildman–Crippen MR) is 67.6 cm³/mol. The van der Waals surface area contributed by atoms with Crippen LogP contribution in [0.5, 0.6) is 0 Å². The van der Waals surface area contributed by atoms with Gasteiger partial charge < -0.3 is 20.9 Å². The minimum absolute atomic E-state index is 0.134. The van der Waals surface area contributed by atoms with Gasteiger partial charge in [-0.05, 0) is 26.2 Å². The molecule has 2 atom stereocenters. The lowest BCUT2D eigenvalue weighted by atomic mass is 9.96. The number of ether oxygens (including phenoxy) is 2. The lowest BCUT2D eigenvalue weighted by Gasteiger charge is -2.17. The molecule has 2 unspecified atom stereocenters. The van der Waals surface area contributed by atoms with Crippen LogP contribution < -0.4 is 11.5 Å². The molecule has 0 aromatic carbocycles. The summed E-state index contributed by atoms with van der Waals surface area (Å²) in [5.41, 5.74) is 11.5. The fraction of sp³-hybridized carbons (Fsp3) is 0.833. The van der Waals surface area contributed by atoms with Crippen LogP contribution in [-0.2, 0) is 19.1 Å². The first-order valence-electron chi connectivity index (χ1n) is 6.09. The van der Waals surface area contributed by atoms with Gasteiger partial charge in [0.25, 0.3) is 0 Å². The maximum atomic E-state index is 11.4. The van der Waals surface area contributed by atoms with E-state index in [0.717, 1.165) is 12.8 Å². The highest BCUT2D eigenvalue weighted by Crippen LogP contribution is 2.14. The average molecular weight is 260 g/mol. The Labute approximate surface area is 108 Å². The maximum absolute atomic E-state index is 11.4. The van der Waals surface area contributed by atoms with Crippen LogP contribution in [0.15, 0.2) is 0 Å². The third-order valence-electron chi connectivity index (χ3n) is 2.74. The van der Waals surface area contributed by atoms with Gasteiger partial charge in [0, 0.05) is 12.1 Å². The van der Waals surface area contributed by atoms with E-state index in [0.29, 0.717) is 6.42 Å². The summed E-state index contributed by atoms with van der Waals surface area (Å²) in [6.07, 6.45) is 2.69. The van der Waals surface area contributed by atoms with Gasteiger partial charge >= 0.3 is 11.9 Å². The van der Waals surface area contributed by atoms with E-state index in [-0.39, 0.29) is 18.5 Å². The molecule has 0 aliphatic carbocycles. The highest BCUT2D eigenvalue weighted by molar-refractivity contribution is 5.94. The van der Waals surface area contributed by atoms with Crippen LogP contribution in [0.4, 0.5) is 0 Å². The minimum Gasteiger partial charge on any atom is -0.468 e. The number of nitrogens with two attached hydrogens (primary N) is 2. The van der Waals surface area contributed by atoms with Crippen LogP contribution in [0, 0.1) is 5.92 Å². The normalized spacial score (nSPS) is 14.1. The van der Waals surface area contributed by atoms with Crippen molar-refractivity contribution in [2.75, 3.05) is 14.2 Å². The second-order valence-electron chi connectivity index (χ2n) is 4.50. The molecule has 0 amide bonds. The molecule has 0 bridgehead atoms. The fourth-order valence-corrected chi connectivity index (χ4v) is 1.70. The molecule has 4 N–H and O–H groups in total. The van der Waals surface area contributed by atoms with E-state index in [2.05, 4.69) is 9.47 Å². The van der Waals surface area contributed by atoms with Crippen LogP contribution in [0.1, 0.15) is 32.6 Å². The Bertz CT molecular complexity index is 253. The van der Waals surface area contributed by atoms with Gasteiger partial charge in [-0.25, -0.2) is 0 Å². The molecule has 106 valence electrons. The molecule has 0 heterocycles. The van der Waals surface area contributed by atoms with Crippen molar-refractivity contribution in [3.8, 4) is 0 Å². The molecular weight excluding hydrogens is 236 g/mol. The molecule has 0 aromatic rings. The standard InChI is InChI=1S/C12H24N2O4/c1-8(13)5-4-6-9(14)7-10(11(15)17-2)12(16)18-3/h8-10H,4-7,13-14H2,1-3H3. The van der Waals surface area contributed by atoms with E-state index in [4.69, 9.17) is 11.5 Å². The molecule has 0 aliphatic rings. The summed E-state index contributed by atoms with van der Waals surface area (Å²) in [4.78, 5) is 22.9. The van der Waals surface area contributed by atoms with Gasteiger partial charge in [0.1, 0.15) is 0 Å². The van der Waals surface area contributed by atoms with Crippen LogP contribution in [-0.4, -0.2) is 38.2 Å². The highest BCUT2D eigenvalue weighted by Gasteiger charge is 2.30. The molecular formula is C12H24N2O4. The zero-order valence-electron chi connectivity index (χ0n) is 11.3. The summed E-state index contributed by atoms with van der Waals surface area (Å²) in [5.74, 6) is -2.15. The van der Waals surface area contributed by atoms with E-state index >= 15 is 0 Å². The monoisotopic (exact) mass is 260 g/mol. The third-order valence-corrected chi connectivity index (χ3v) is 2.74. The number of methoxy groups -OCH3 is 2. The Morgan fingerprint density at radius 1 is 1.06 bits per heavy atom. The second kappa shape index (κ2) is 8.88. The third kappa shape index (κ3) is 6.56. The minimum atomic E-state index is -0.940. The molecule has 6 nitrogen and oxygen atoms in total. The van der Waals surface area contributed by atoms with Crippen molar-refractivity contribution < 1.29 is 19.1 Å². The molecule has 0 radical (unpaired) electrons. The van der Waals surface area contributed by atoms with Crippen molar-refractivity contribution >= 4 is 11.9 Å². The molecule has 0 saturated heterocycles. The fourth-order valence-electron chi connectivity index (χ4n) is 1.70. The summed E-state index contributed by atoms with van der Waals surface area (Å²) in [6, 6.07) is -0.110. The Kier molecular flexibility index (Phi) is 8.32. The largest absolute Gasteiger partial charge is 0.468 e. The summed E-state index contributed by atoms with van der Waals surface area (Å²) in [5, 5.41) is 0. The molecule has 0 saturated carbocycles. The van der Waals surface area contributed by atoms with Crippen molar-refractivity contribution in [2.24, 2.45) is 17.4 Å². The Morgan fingerprint density at radius 3 is 1.94 bits per heavy atom. The van der Waals surface area contributed by atoms with Gasteiger partial charge in [-0.15, -0.1) is 0 Å². The first-order valence-corrected chi connectivity index (χ1v) is 6.09. The van der Waals surface area contributed by atoms with E-state index in [9.17, 15) is 9.59 Å². The van der Waals surface area contributed by atoms with Crippen molar-refractivity contribution in [1.82, 2.24) is 0 Å². The van der Waals surface area contributed by atoms with Crippen LogP contribution in [0.2, 0.25) is 0 Å². The molecule has 0 fully saturated rings. The van der Waals surface area contributed by atoms with Crippen molar-refractivity contribution in [3.05, 3.63) is 0 Å². The van der Waals surface area contributed by atoms with Crippen molar-refractivity contribution in [3.63, 3.8) is 0 Å². The van der Waals surface area contributed by atoms with Gasteiger partial charge in [0.2, 0.25) is 0 Å². The molecule has 0 spiro atoms. The zero-order chi connectivity index (χ0) is 14.1. The number of carbonyl (C=O) groups excluding carboxylic acids is 2. The maximum Gasteiger partial charge on any atom is 0.320 e. The van der Waals surface area contributed by atoms with Gasteiger partial charge in [0.15, 0.2) is 5.92 Å². The summed E-state index contributed by atoms with van der Waals surface area (Å²) < 4.78 is 9.13. The second-order valence-corrected chi connectivity index (χ2v) is 4.50. The number of hydrogen-bond donors (Lipinski definition) is 2. The van der Waals surface area contributed by atoms with E-state index in [1.807, 2.05) is 6.92 Å². The van der Waals surface area contributed by atoms with Gasteiger partial charge in [-0.2, -0.15) is 0 Å². The molecule has 0 aromatic heterocycles. The quantitative estimate of drug-likeness (QED) is 0.476. The van der Waals surface area contributed by atoms with Crippen molar-refractivity contribution in [2.45, 2.75) is 44.7 Å². The lowest BCUT2D eigenvalue weighted by Crippen LogP contribution is -2.34. The topological polar surface area (TPSA) is 105 Å². The average Bonchev–Trinajstić information content (AvgIpc) is 2.33. The lowest BCUT2D eigenvalue weighted by molar-refractivity contribution is -0.159. The van der Waals surface area contributed by atoms with Crippen LogP contribution in [0.3, 0.4) is 0 Å². The van der Waals surface area contributed by atoms with Crippen LogP contribution in [0.25, 0.3) is 0 Å². The number of rotatable bonds is 8. The molecule has 6 heteroatoms. The van der Waals surface area contributed by atoms with Crippen LogP contribution >= 0.6 is 0 Å². The first kappa shape index (κ1) is 16.9. The number of hydrogen-bond acceptors (Lipinski definition) is 6. The van der Waals surface area contributed by atoms with E-state index in [1.54, 1.807) is 0 Å². The van der Waals surface area contributed by atoms with Gasteiger partial charge in [0.05, 0.1) is 14.2 Å².